The number of nitrogens with zero attached hydrogens (tertiary/aromatic N) is 7. The Labute approximate surface area is 223 Å². The third kappa shape index (κ3) is 7.59. The van der Waals surface area contributed by atoms with Gasteiger partial charge in [0.2, 0.25) is 5.91 Å². The largest absolute Gasteiger partial charge is 0.489 e. The maximum atomic E-state index is 13.3. The van der Waals surface area contributed by atoms with Gasteiger partial charge in [-0.05, 0) is 60.5 Å². The molecule has 2 aromatic heterocycles. The number of hydrogen-bond donors (Lipinski definition) is 0. The second-order valence-electron chi connectivity index (χ2n) is 9.25. The Morgan fingerprint density at radius 2 is 2.00 bits per heavy atom. The number of aryl methyl sites for hydroxylation is 1. The van der Waals surface area contributed by atoms with Crippen molar-refractivity contribution in [1.29, 1.82) is 0 Å². The second-order valence-corrected chi connectivity index (χ2v) is 9.25. The summed E-state index contributed by atoms with van der Waals surface area (Å²) < 4.78 is 57.4. The minimum Gasteiger partial charge on any atom is -0.489 e. The van der Waals surface area contributed by atoms with Crippen molar-refractivity contribution in [2.45, 2.75) is 39.2 Å². The van der Waals surface area contributed by atoms with Gasteiger partial charge in [-0.2, -0.15) is 18.0 Å². The van der Waals surface area contributed by atoms with Gasteiger partial charge in [0.05, 0.1) is 24.0 Å². The molecule has 1 aromatic carbocycles. The van der Waals surface area contributed by atoms with Crippen LogP contribution in [0.3, 0.4) is 0 Å². The number of alkyl halides is 4. The fourth-order valence-corrected chi connectivity index (χ4v) is 4.36. The molecule has 0 unspecified atom stereocenters. The highest BCUT2D eigenvalue weighted by molar-refractivity contribution is 5.92. The molecule has 39 heavy (non-hydrogen) atoms. The van der Waals surface area contributed by atoms with E-state index in [1.165, 1.54) is 23.0 Å². The number of ether oxygens (including phenoxy) is 1. The lowest BCUT2D eigenvalue weighted by Gasteiger charge is -2.39. The topological polar surface area (TPSA) is 89.3 Å². The lowest BCUT2D eigenvalue weighted by molar-refractivity contribution is -0.137. The van der Waals surface area contributed by atoms with E-state index < -0.39 is 18.4 Å². The van der Waals surface area contributed by atoms with E-state index in [0.717, 1.165) is 17.8 Å². The summed E-state index contributed by atoms with van der Waals surface area (Å²) in [5.74, 6) is 0.684. The van der Waals surface area contributed by atoms with Crippen molar-refractivity contribution < 1.29 is 27.1 Å². The predicted octanol–water partition coefficient (Wildman–Crippen LogP) is 3.54. The summed E-state index contributed by atoms with van der Waals surface area (Å²) in [6.45, 7) is 5.32. The molecular formula is C26H29F4N7O2. The smallest absolute Gasteiger partial charge is 0.416 e. The quantitative estimate of drug-likeness (QED) is 0.299. The Balaban J connectivity index is 1.39. The van der Waals surface area contributed by atoms with Gasteiger partial charge < -0.3 is 9.64 Å². The SMILES string of the molecule is Cc1nnn(Cc2cc(C(F)(F)F)ccc2C=CC(=O)N2CCN(Cc3ccc(OCCF)cn3)C[C@H]2C)n1. The average Bonchev–Trinajstić information content (AvgIpc) is 3.31. The first-order valence-corrected chi connectivity index (χ1v) is 12.4. The first kappa shape index (κ1) is 28.1. The molecule has 1 atom stereocenters. The van der Waals surface area contributed by atoms with Crippen LogP contribution in [0.1, 0.15) is 35.1 Å². The highest BCUT2D eigenvalue weighted by Crippen LogP contribution is 2.31. The number of aromatic nitrogens is 5. The zero-order chi connectivity index (χ0) is 28.0. The minimum absolute atomic E-state index is 0.0120. The molecule has 13 heteroatoms. The first-order valence-electron chi connectivity index (χ1n) is 12.4. The summed E-state index contributed by atoms with van der Waals surface area (Å²) in [5.41, 5.74) is 0.820. The van der Waals surface area contributed by atoms with Gasteiger partial charge in [0.25, 0.3) is 0 Å². The molecule has 1 saturated heterocycles. The van der Waals surface area contributed by atoms with Crippen LogP contribution in [0, 0.1) is 6.92 Å². The van der Waals surface area contributed by atoms with Gasteiger partial charge in [-0.1, -0.05) is 6.07 Å². The van der Waals surface area contributed by atoms with Crippen LogP contribution in [0.4, 0.5) is 17.6 Å². The van der Waals surface area contributed by atoms with Crippen LogP contribution in [-0.2, 0) is 24.1 Å². The van der Waals surface area contributed by atoms with Gasteiger partial charge >= 0.3 is 6.18 Å². The fourth-order valence-electron chi connectivity index (χ4n) is 4.36. The van der Waals surface area contributed by atoms with Crippen molar-refractivity contribution in [3.8, 4) is 5.75 Å². The van der Waals surface area contributed by atoms with E-state index in [-0.39, 0.29) is 25.1 Å². The van der Waals surface area contributed by atoms with Crippen molar-refractivity contribution in [3.05, 3.63) is 70.8 Å². The highest BCUT2D eigenvalue weighted by atomic mass is 19.4. The van der Waals surface area contributed by atoms with E-state index in [1.54, 1.807) is 24.1 Å². The van der Waals surface area contributed by atoms with Crippen molar-refractivity contribution >= 4 is 12.0 Å². The third-order valence-corrected chi connectivity index (χ3v) is 6.26. The molecule has 0 aliphatic carbocycles. The lowest BCUT2D eigenvalue weighted by atomic mass is 10.0. The van der Waals surface area contributed by atoms with Gasteiger partial charge in [0.15, 0.2) is 5.82 Å². The van der Waals surface area contributed by atoms with Crippen molar-refractivity contribution in [1.82, 2.24) is 35.0 Å². The van der Waals surface area contributed by atoms with E-state index in [2.05, 4.69) is 25.3 Å². The second kappa shape index (κ2) is 12.3. The maximum absolute atomic E-state index is 13.3. The molecule has 1 fully saturated rings. The van der Waals surface area contributed by atoms with Crippen LogP contribution >= 0.6 is 0 Å². The molecule has 1 aliphatic heterocycles. The van der Waals surface area contributed by atoms with Crippen LogP contribution in [-0.4, -0.2) is 79.9 Å². The lowest BCUT2D eigenvalue weighted by Crippen LogP contribution is -2.53. The zero-order valence-electron chi connectivity index (χ0n) is 21.6. The van der Waals surface area contributed by atoms with E-state index >= 15 is 0 Å². The molecule has 1 aliphatic rings. The monoisotopic (exact) mass is 547 g/mol. The van der Waals surface area contributed by atoms with Gasteiger partial charge in [-0.3, -0.25) is 14.7 Å². The summed E-state index contributed by atoms with van der Waals surface area (Å²) in [5, 5.41) is 11.7. The fraction of sp³-hybridized carbons (Fsp3) is 0.423. The van der Waals surface area contributed by atoms with Gasteiger partial charge in [0, 0.05) is 38.3 Å². The minimum atomic E-state index is -4.51. The first-order chi connectivity index (χ1) is 18.6. The molecule has 0 bridgehead atoms. The van der Waals surface area contributed by atoms with E-state index in [0.29, 0.717) is 48.9 Å². The normalized spacial score (nSPS) is 16.7. The maximum Gasteiger partial charge on any atom is 0.416 e. The molecule has 9 nitrogen and oxygen atoms in total. The number of tetrazole rings is 1. The molecule has 208 valence electrons. The summed E-state index contributed by atoms with van der Waals surface area (Å²) in [6, 6.07) is 6.87. The molecule has 0 saturated carbocycles. The number of piperazine rings is 1. The van der Waals surface area contributed by atoms with Crippen LogP contribution in [0.25, 0.3) is 6.08 Å². The standard InChI is InChI=1S/C26H29F4N7O2/c1-18-15-35(17-23-6-7-24(14-31-23)39-12-9-27)10-11-36(18)25(38)8-4-20-3-5-22(26(28,29)30)13-21(20)16-37-33-19(2)32-34-37/h3-8,13-14,18H,9-12,15-17H2,1-2H3/t18-/m1/s1. The number of rotatable bonds is 9. The number of carbonyl (C=O) groups excluding carboxylic acids is 1. The summed E-state index contributed by atoms with van der Waals surface area (Å²) >= 11 is 0. The number of amides is 1. The van der Waals surface area contributed by atoms with E-state index in [1.807, 2.05) is 13.0 Å². The molecule has 3 aromatic rings. The Hall–Kier alpha value is -3.87. The number of benzene rings is 1. The summed E-state index contributed by atoms with van der Waals surface area (Å²) in [4.78, 5) is 22.5. The molecule has 0 spiro atoms. The summed E-state index contributed by atoms with van der Waals surface area (Å²) in [7, 11) is 0. The third-order valence-electron chi connectivity index (χ3n) is 6.26. The highest BCUT2D eigenvalue weighted by Gasteiger charge is 2.31. The Bertz CT molecular complexity index is 1290. The van der Waals surface area contributed by atoms with Crippen LogP contribution in [0.5, 0.6) is 5.75 Å². The van der Waals surface area contributed by atoms with Gasteiger partial charge in [-0.15, -0.1) is 10.2 Å². The van der Waals surface area contributed by atoms with E-state index in [9.17, 15) is 22.4 Å². The number of hydrogen-bond acceptors (Lipinski definition) is 7. The van der Waals surface area contributed by atoms with Crippen molar-refractivity contribution in [2.24, 2.45) is 0 Å². The van der Waals surface area contributed by atoms with Crippen molar-refractivity contribution in [2.75, 3.05) is 32.9 Å². The number of pyridine rings is 1. The summed E-state index contributed by atoms with van der Waals surface area (Å²) in [6.07, 6.45) is -0.0317. The van der Waals surface area contributed by atoms with Gasteiger partial charge in [-0.25, -0.2) is 4.39 Å². The Morgan fingerprint density at radius 3 is 2.64 bits per heavy atom. The zero-order valence-corrected chi connectivity index (χ0v) is 21.6. The number of carbonyl (C=O) groups is 1. The average molecular weight is 548 g/mol. The molecule has 0 radical (unpaired) electrons. The molecule has 1 amide bonds. The predicted molar refractivity (Wildman–Crippen MR) is 134 cm³/mol. The Kier molecular flexibility index (Phi) is 8.90. The molecule has 0 N–H and O–H groups in total. The van der Waals surface area contributed by atoms with E-state index in [4.69, 9.17) is 4.74 Å². The van der Waals surface area contributed by atoms with Crippen molar-refractivity contribution in [3.63, 3.8) is 0 Å². The molecular weight excluding hydrogens is 518 g/mol. The van der Waals surface area contributed by atoms with Crippen LogP contribution in [0.15, 0.2) is 42.6 Å². The number of halogens is 4. The van der Waals surface area contributed by atoms with Crippen LogP contribution < -0.4 is 4.74 Å². The molecule has 4 rings (SSSR count). The molecule has 3 heterocycles. The van der Waals surface area contributed by atoms with Crippen LogP contribution in [0.2, 0.25) is 0 Å². The Morgan fingerprint density at radius 1 is 1.18 bits per heavy atom. The van der Waals surface area contributed by atoms with Gasteiger partial charge in [0.1, 0.15) is 19.0 Å².